The molecule has 0 spiro atoms. The molecule has 4 bridgehead atoms. The molecule has 0 unspecified atom stereocenters. The van der Waals surface area contributed by atoms with Crippen LogP contribution in [0.2, 0.25) is 0 Å². The first-order chi connectivity index (χ1) is 16.9. The first kappa shape index (κ1) is 26.9. The summed E-state index contributed by atoms with van der Waals surface area (Å²) in [5, 5.41) is 10.7. The van der Waals surface area contributed by atoms with Gasteiger partial charge in [-0.3, -0.25) is 0 Å². The Balaban J connectivity index is 1.36. The Labute approximate surface area is 209 Å². The molecule has 2 aromatic rings. The van der Waals surface area contributed by atoms with Gasteiger partial charge < -0.3 is 16.0 Å². The lowest BCUT2D eigenvalue weighted by atomic mass is 10.0. The molecule has 3 N–H and O–H groups in total. The van der Waals surface area contributed by atoms with E-state index in [0.29, 0.717) is 0 Å². The van der Waals surface area contributed by atoms with E-state index in [2.05, 4.69) is 64.5 Å². The molecule has 2 aromatic carbocycles. The molecule has 0 aromatic heterocycles. The number of rotatable bonds is 0. The summed E-state index contributed by atoms with van der Waals surface area (Å²) in [6.45, 7) is 6.28. The van der Waals surface area contributed by atoms with Crippen molar-refractivity contribution in [3.05, 3.63) is 70.8 Å². The second-order valence-corrected chi connectivity index (χ2v) is 10.1. The van der Waals surface area contributed by atoms with Gasteiger partial charge in [0.15, 0.2) is 0 Å². The van der Waals surface area contributed by atoms with Gasteiger partial charge in [0.2, 0.25) is 0 Å². The third-order valence-corrected chi connectivity index (χ3v) is 7.05. The second-order valence-electron chi connectivity index (χ2n) is 10.1. The Kier molecular flexibility index (Phi) is 14.0. The van der Waals surface area contributed by atoms with Crippen molar-refractivity contribution in [2.75, 3.05) is 26.2 Å². The fourth-order valence-corrected chi connectivity index (χ4v) is 4.81. The second kappa shape index (κ2) is 17.7. The number of hydrogen-bond acceptors (Lipinski definition) is 3. The number of nitrogens with one attached hydrogen (secondary N) is 3. The van der Waals surface area contributed by atoms with Crippen LogP contribution in [0.15, 0.2) is 48.5 Å². The average molecular weight is 464 g/mol. The molecule has 0 fully saturated rings. The molecule has 4 aliphatic rings. The maximum absolute atomic E-state index is 3.59. The third-order valence-electron chi connectivity index (χ3n) is 7.05. The van der Waals surface area contributed by atoms with E-state index in [1.807, 2.05) is 0 Å². The normalized spacial score (nSPS) is 19.5. The zero-order chi connectivity index (χ0) is 23.5. The highest BCUT2D eigenvalue weighted by Gasteiger charge is 1.99. The molecule has 0 amide bonds. The Morgan fingerprint density at radius 1 is 0.324 bits per heavy atom. The lowest BCUT2D eigenvalue weighted by Crippen LogP contribution is -2.25. The molecule has 4 heterocycles. The Hall–Kier alpha value is -1.68. The fraction of sp³-hybridized carbons (Fsp3) is 0.613. The van der Waals surface area contributed by atoms with Gasteiger partial charge in [-0.05, 0) is 87.0 Å². The van der Waals surface area contributed by atoms with Crippen molar-refractivity contribution in [1.29, 1.82) is 0 Å². The smallest absolute Gasteiger partial charge is 0.0205 e. The molecule has 34 heavy (non-hydrogen) atoms. The minimum atomic E-state index is 0.977. The van der Waals surface area contributed by atoms with Crippen molar-refractivity contribution >= 4 is 0 Å². The van der Waals surface area contributed by atoms with Crippen LogP contribution in [0.5, 0.6) is 0 Å². The molecular weight excluding hydrogens is 414 g/mol. The molecule has 3 heteroatoms. The van der Waals surface area contributed by atoms with Crippen LogP contribution in [0.3, 0.4) is 0 Å². The number of benzene rings is 2. The highest BCUT2D eigenvalue weighted by Crippen LogP contribution is 2.14. The van der Waals surface area contributed by atoms with Crippen LogP contribution < -0.4 is 16.0 Å². The van der Waals surface area contributed by atoms with Crippen LogP contribution in [-0.2, 0) is 25.9 Å². The van der Waals surface area contributed by atoms with Crippen LogP contribution in [0, 0.1) is 0 Å². The SMILES string of the molecule is c1cc2ccc1CCCCCCCCCCCc1ccc(cc1)CNCCCNCCCNC2. The van der Waals surface area contributed by atoms with Crippen molar-refractivity contribution in [3.8, 4) is 0 Å². The lowest BCUT2D eigenvalue weighted by molar-refractivity contribution is 0.558. The molecule has 4 aliphatic heterocycles. The van der Waals surface area contributed by atoms with Gasteiger partial charge in [0.25, 0.3) is 0 Å². The summed E-state index contributed by atoms with van der Waals surface area (Å²) in [7, 11) is 0. The Morgan fingerprint density at radius 2 is 0.647 bits per heavy atom. The molecular formula is C31H49N3. The lowest BCUT2D eigenvalue weighted by Gasteiger charge is -2.09. The van der Waals surface area contributed by atoms with Crippen LogP contribution in [-0.4, -0.2) is 26.2 Å². The van der Waals surface area contributed by atoms with E-state index < -0.39 is 0 Å². The van der Waals surface area contributed by atoms with Gasteiger partial charge in [-0.15, -0.1) is 0 Å². The largest absolute Gasteiger partial charge is 0.317 e. The van der Waals surface area contributed by atoms with Gasteiger partial charge in [-0.2, -0.15) is 0 Å². The topological polar surface area (TPSA) is 36.1 Å². The van der Waals surface area contributed by atoms with Crippen LogP contribution >= 0.6 is 0 Å². The monoisotopic (exact) mass is 463 g/mol. The quantitative estimate of drug-likeness (QED) is 0.415. The molecule has 3 nitrogen and oxygen atoms in total. The van der Waals surface area contributed by atoms with Gasteiger partial charge >= 0.3 is 0 Å². The van der Waals surface area contributed by atoms with Gasteiger partial charge in [-0.25, -0.2) is 0 Å². The average Bonchev–Trinajstić information content (AvgIpc) is 2.87. The van der Waals surface area contributed by atoms with Crippen molar-refractivity contribution in [1.82, 2.24) is 16.0 Å². The molecule has 0 saturated carbocycles. The van der Waals surface area contributed by atoms with Gasteiger partial charge in [-0.1, -0.05) is 93.5 Å². The molecule has 0 atom stereocenters. The minimum Gasteiger partial charge on any atom is -0.317 e. The standard InChI is InChI=1S/C31H49N3/c1-2-4-6-8-12-28-14-18-30(19-15-28)26-33-24-10-22-32-23-11-25-34-27-31-20-16-29(17-21-31)13-9-7-5-3-1/h14-21,32-34H,1-13,22-27H2. The summed E-state index contributed by atoms with van der Waals surface area (Å²) < 4.78 is 0. The zero-order valence-electron chi connectivity index (χ0n) is 21.6. The number of hydrogen-bond donors (Lipinski definition) is 3. The van der Waals surface area contributed by atoms with E-state index in [4.69, 9.17) is 0 Å². The summed E-state index contributed by atoms with van der Waals surface area (Å²) in [5.74, 6) is 0. The summed E-state index contributed by atoms with van der Waals surface area (Å²) in [5.41, 5.74) is 5.79. The van der Waals surface area contributed by atoms with Gasteiger partial charge in [0.05, 0.1) is 0 Å². The van der Waals surface area contributed by atoms with Crippen molar-refractivity contribution in [3.63, 3.8) is 0 Å². The molecule has 188 valence electrons. The van der Waals surface area contributed by atoms with E-state index in [1.165, 1.54) is 106 Å². The summed E-state index contributed by atoms with van der Waals surface area (Å²) in [6.07, 6.45) is 17.3. The molecule has 0 radical (unpaired) electrons. The molecule has 0 saturated heterocycles. The van der Waals surface area contributed by atoms with Crippen LogP contribution in [0.25, 0.3) is 0 Å². The number of aryl methyl sites for hydroxylation is 2. The van der Waals surface area contributed by atoms with Crippen LogP contribution in [0.1, 0.15) is 92.9 Å². The Morgan fingerprint density at radius 3 is 1.06 bits per heavy atom. The van der Waals surface area contributed by atoms with Crippen molar-refractivity contribution < 1.29 is 0 Å². The fourth-order valence-electron chi connectivity index (χ4n) is 4.81. The maximum Gasteiger partial charge on any atom is 0.0205 e. The van der Waals surface area contributed by atoms with Crippen molar-refractivity contribution in [2.45, 2.75) is 96.6 Å². The highest BCUT2D eigenvalue weighted by atomic mass is 14.9. The maximum atomic E-state index is 3.59. The third kappa shape index (κ3) is 12.1. The summed E-state index contributed by atoms with van der Waals surface area (Å²) >= 11 is 0. The highest BCUT2D eigenvalue weighted by molar-refractivity contribution is 5.23. The van der Waals surface area contributed by atoms with E-state index in [0.717, 1.165) is 39.3 Å². The predicted octanol–water partition coefficient (Wildman–Crippen LogP) is 6.55. The summed E-state index contributed by atoms with van der Waals surface area (Å²) in [4.78, 5) is 0. The van der Waals surface area contributed by atoms with Crippen molar-refractivity contribution in [2.24, 2.45) is 0 Å². The minimum absolute atomic E-state index is 0.977. The van der Waals surface area contributed by atoms with Gasteiger partial charge in [0.1, 0.15) is 0 Å². The van der Waals surface area contributed by atoms with E-state index in [1.54, 1.807) is 0 Å². The molecule has 6 rings (SSSR count). The predicted molar refractivity (Wildman–Crippen MR) is 147 cm³/mol. The van der Waals surface area contributed by atoms with Crippen LogP contribution in [0.4, 0.5) is 0 Å². The molecule has 0 aliphatic carbocycles. The van der Waals surface area contributed by atoms with E-state index >= 15 is 0 Å². The summed E-state index contributed by atoms with van der Waals surface area (Å²) in [6, 6.07) is 18.6. The zero-order valence-corrected chi connectivity index (χ0v) is 21.6. The van der Waals surface area contributed by atoms with E-state index in [9.17, 15) is 0 Å². The van der Waals surface area contributed by atoms with Gasteiger partial charge in [0, 0.05) is 13.1 Å². The van der Waals surface area contributed by atoms with E-state index in [-0.39, 0.29) is 0 Å². The Bertz CT molecular complexity index is 611. The first-order valence-electron chi connectivity index (χ1n) is 14.2. The first-order valence-corrected chi connectivity index (χ1v) is 14.2.